The largest absolute Gasteiger partial charge is 0.368 e. The number of thiazole rings is 1. The fourth-order valence-corrected chi connectivity index (χ4v) is 3.50. The van der Waals surface area contributed by atoms with Crippen molar-refractivity contribution in [3.05, 3.63) is 39.3 Å². The van der Waals surface area contributed by atoms with Crippen LogP contribution in [-0.4, -0.2) is 49.3 Å². The number of nitrogens with zero attached hydrogens (tertiary/aromatic N) is 4. The number of anilines is 2. The van der Waals surface area contributed by atoms with Gasteiger partial charge in [0.05, 0.1) is 11.9 Å². The molecule has 0 saturated carbocycles. The van der Waals surface area contributed by atoms with Crippen molar-refractivity contribution < 1.29 is 0 Å². The third-order valence-electron chi connectivity index (χ3n) is 3.82. The van der Waals surface area contributed by atoms with Crippen molar-refractivity contribution >= 4 is 44.3 Å². The maximum Gasteiger partial charge on any atom is 0.203 e. The summed E-state index contributed by atoms with van der Waals surface area (Å²) in [6.45, 7) is 6.21. The van der Waals surface area contributed by atoms with E-state index in [4.69, 9.17) is 0 Å². The van der Waals surface area contributed by atoms with Crippen molar-refractivity contribution in [2.24, 2.45) is 5.10 Å². The van der Waals surface area contributed by atoms with Gasteiger partial charge in [0.25, 0.3) is 0 Å². The van der Waals surface area contributed by atoms with Crippen LogP contribution in [0.4, 0.5) is 10.8 Å². The van der Waals surface area contributed by atoms with Crippen molar-refractivity contribution in [1.29, 1.82) is 0 Å². The Kier molecular flexibility index (Phi) is 5.30. The Morgan fingerprint density at radius 1 is 1.30 bits per heavy atom. The SMILES string of the molecule is Cc1csc(NN=Cc2ccc(Br)cc2N2CCN(C)CC2)n1. The van der Waals surface area contributed by atoms with Gasteiger partial charge in [0.1, 0.15) is 0 Å². The second-order valence-electron chi connectivity index (χ2n) is 5.66. The lowest BCUT2D eigenvalue weighted by atomic mass is 10.1. The van der Waals surface area contributed by atoms with E-state index in [0.29, 0.717) is 0 Å². The van der Waals surface area contributed by atoms with Gasteiger partial charge in [-0.15, -0.1) is 11.3 Å². The Morgan fingerprint density at radius 2 is 2.09 bits per heavy atom. The highest BCUT2D eigenvalue weighted by Gasteiger charge is 2.16. The molecule has 0 aliphatic carbocycles. The highest BCUT2D eigenvalue weighted by Crippen LogP contribution is 2.25. The molecule has 0 atom stereocenters. The van der Waals surface area contributed by atoms with Gasteiger partial charge in [-0.3, -0.25) is 5.43 Å². The molecule has 0 amide bonds. The topological polar surface area (TPSA) is 43.8 Å². The maximum atomic E-state index is 4.35. The predicted octanol–water partition coefficient (Wildman–Crippen LogP) is 3.41. The number of piperazine rings is 1. The van der Waals surface area contributed by atoms with Crippen LogP contribution in [0.15, 0.2) is 33.2 Å². The summed E-state index contributed by atoms with van der Waals surface area (Å²) in [6, 6.07) is 6.31. The Balaban J connectivity index is 1.75. The molecule has 1 aliphatic rings. The molecular formula is C16H20BrN5S. The summed E-state index contributed by atoms with van der Waals surface area (Å²) >= 11 is 5.14. The number of halogens is 1. The number of aryl methyl sites for hydroxylation is 1. The van der Waals surface area contributed by atoms with Gasteiger partial charge in [0.15, 0.2) is 0 Å². The average Bonchev–Trinajstić information content (AvgIpc) is 2.95. The summed E-state index contributed by atoms with van der Waals surface area (Å²) < 4.78 is 1.09. The van der Waals surface area contributed by atoms with Crippen molar-refractivity contribution in [3.8, 4) is 0 Å². The Hall–Kier alpha value is -1.44. The highest BCUT2D eigenvalue weighted by atomic mass is 79.9. The number of aromatic nitrogens is 1. The molecule has 0 radical (unpaired) electrons. The molecule has 1 saturated heterocycles. The first kappa shape index (κ1) is 16.4. The Labute approximate surface area is 149 Å². The van der Waals surface area contributed by atoms with E-state index < -0.39 is 0 Å². The molecular weight excluding hydrogens is 374 g/mol. The minimum Gasteiger partial charge on any atom is -0.368 e. The lowest BCUT2D eigenvalue weighted by Crippen LogP contribution is -2.44. The molecule has 2 aromatic rings. The molecule has 5 nitrogen and oxygen atoms in total. The van der Waals surface area contributed by atoms with E-state index in [9.17, 15) is 0 Å². The van der Waals surface area contributed by atoms with E-state index in [1.165, 1.54) is 5.69 Å². The second-order valence-corrected chi connectivity index (χ2v) is 7.43. The van der Waals surface area contributed by atoms with E-state index in [0.717, 1.165) is 47.0 Å². The van der Waals surface area contributed by atoms with Crippen LogP contribution in [0.3, 0.4) is 0 Å². The minimum absolute atomic E-state index is 0.817. The van der Waals surface area contributed by atoms with Crippen LogP contribution in [-0.2, 0) is 0 Å². The average molecular weight is 394 g/mol. The van der Waals surface area contributed by atoms with Gasteiger partial charge in [0.2, 0.25) is 5.13 Å². The van der Waals surface area contributed by atoms with Crippen molar-refractivity contribution in [1.82, 2.24) is 9.88 Å². The van der Waals surface area contributed by atoms with E-state index in [1.54, 1.807) is 11.3 Å². The molecule has 122 valence electrons. The second kappa shape index (κ2) is 7.42. The molecule has 23 heavy (non-hydrogen) atoms. The summed E-state index contributed by atoms with van der Waals surface area (Å²) in [7, 11) is 2.17. The van der Waals surface area contributed by atoms with Gasteiger partial charge in [-0.25, -0.2) is 4.98 Å². The van der Waals surface area contributed by atoms with E-state index in [-0.39, 0.29) is 0 Å². The molecule has 1 fully saturated rings. The monoisotopic (exact) mass is 393 g/mol. The van der Waals surface area contributed by atoms with Crippen LogP contribution in [0, 0.1) is 6.92 Å². The summed E-state index contributed by atoms with van der Waals surface area (Å²) in [6.07, 6.45) is 1.87. The molecule has 1 N–H and O–H groups in total. The molecule has 2 heterocycles. The molecule has 0 unspecified atom stereocenters. The molecule has 1 aromatic heterocycles. The fraction of sp³-hybridized carbons (Fsp3) is 0.375. The number of likely N-dealkylation sites (N-methyl/N-ethyl adjacent to an activating group) is 1. The van der Waals surface area contributed by atoms with Crippen LogP contribution in [0.2, 0.25) is 0 Å². The van der Waals surface area contributed by atoms with Gasteiger partial charge < -0.3 is 9.80 Å². The number of hydrazone groups is 1. The molecule has 1 aromatic carbocycles. The smallest absolute Gasteiger partial charge is 0.203 e. The molecule has 3 rings (SSSR count). The zero-order valence-electron chi connectivity index (χ0n) is 13.3. The van der Waals surface area contributed by atoms with E-state index in [2.05, 4.69) is 66.5 Å². The van der Waals surface area contributed by atoms with Crippen LogP contribution in [0.25, 0.3) is 0 Å². The normalized spacial score (nSPS) is 16.2. The van der Waals surface area contributed by atoms with Crippen LogP contribution in [0.1, 0.15) is 11.3 Å². The van der Waals surface area contributed by atoms with Crippen molar-refractivity contribution in [2.45, 2.75) is 6.92 Å². The lowest BCUT2D eigenvalue weighted by molar-refractivity contribution is 0.313. The van der Waals surface area contributed by atoms with E-state index >= 15 is 0 Å². The zero-order chi connectivity index (χ0) is 16.2. The number of benzene rings is 1. The zero-order valence-corrected chi connectivity index (χ0v) is 15.7. The molecule has 0 spiro atoms. The van der Waals surface area contributed by atoms with Gasteiger partial charge >= 0.3 is 0 Å². The van der Waals surface area contributed by atoms with Crippen molar-refractivity contribution in [2.75, 3.05) is 43.6 Å². The summed E-state index contributed by atoms with van der Waals surface area (Å²) in [5.41, 5.74) is 6.34. The molecule has 7 heteroatoms. The first-order valence-corrected chi connectivity index (χ1v) is 9.23. The van der Waals surface area contributed by atoms with Gasteiger partial charge in [0, 0.05) is 47.3 Å². The fourth-order valence-electron chi connectivity index (χ4n) is 2.51. The van der Waals surface area contributed by atoms with Crippen LogP contribution >= 0.6 is 27.3 Å². The number of hydrogen-bond donors (Lipinski definition) is 1. The quantitative estimate of drug-likeness (QED) is 0.638. The third-order valence-corrected chi connectivity index (χ3v) is 5.18. The first-order valence-electron chi connectivity index (χ1n) is 7.56. The minimum atomic E-state index is 0.817. The number of nitrogens with one attached hydrogen (secondary N) is 1. The summed E-state index contributed by atoms with van der Waals surface area (Å²) in [5, 5.41) is 7.17. The van der Waals surface area contributed by atoms with E-state index in [1.807, 2.05) is 18.5 Å². The number of hydrogen-bond acceptors (Lipinski definition) is 6. The van der Waals surface area contributed by atoms with Gasteiger partial charge in [-0.05, 0) is 26.1 Å². The highest BCUT2D eigenvalue weighted by molar-refractivity contribution is 9.10. The van der Waals surface area contributed by atoms with Gasteiger partial charge in [-0.2, -0.15) is 5.10 Å². The number of rotatable bonds is 4. The lowest BCUT2D eigenvalue weighted by Gasteiger charge is -2.34. The van der Waals surface area contributed by atoms with Crippen molar-refractivity contribution in [3.63, 3.8) is 0 Å². The summed E-state index contributed by atoms with van der Waals surface area (Å²) in [4.78, 5) is 9.12. The van der Waals surface area contributed by atoms with Gasteiger partial charge in [-0.1, -0.05) is 22.0 Å². The standard InChI is InChI=1S/C16H20BrN5S/c1-12-11-23-16(19-12)20-18-10-13-3-4-14(17)9-15(13)22-7-5-21(2)6-8-22/h3-4,9-11H,5-8H2,1-2H3,(H,19,20). The summed E-state index contributed by atoms with van der Waals surface area (Å²) in [5.74, 6) is 0. The molecule has 1 aliphatic heterocycles. The predicted molar refractivity (Wildman–Crippen MR) is 102 cm³/mol. The first-order chi connectivity index (χ1) is 11.1. The Bertz CT molecular complexity index is 692. The van der Waals surface area contributed by atoms with Crippen LogP contribution < -0.4 is 10.3 Å². The van der Waals surface area contributed by atoms with Crippen LogP contribution in [0.5, 0.6) is 0 Å². The maximum absolute atomic E-state index is 4.35. The third kappa shape index (κ3) is 4.31. The Morgan fingerprint density at radius 3 is 2.78 bits per heavy atom. The molecule has 0 bridgehead atoms.